The van der Waals surface area contributed by atoms with Gasteiger partial charge in [-0.2, -0.15) is 0 Å². The standard InChI is InChI=1S/C24H24FNO4.Cu/c1-16(26-15-17-9-8-12-20(25)23(17)27)24(28,18-10-4-6-13-21(18)29-2)19-11-5-7-14-22(19)30-3;/h4-16,27-28H,1-3H3;/t16-;/m1./s1. The molecule has 0 heterocycles. The van der Waals surface area contributed by atoms with Crippen LogP contribution in [0.15, 0.2) is 71.7 Å². The molecule has 0 fully saturated rings. The Morgan fingerprint density at radius 1 is 0.903 bits per heavy atom. The third-order valence-corrected chi connectivity index (χ3v) is 5.10. The number of phenolic OH excluding ortho intramolecular Hbond substituents is 1. The summed E-state index contributed by atoms with van der Waals surface area (Å²) in [6, 6.07) is 17.7. The fourth-order valence-corrected chi connectivity index (χ4v) is 3.45. The molecule has 3 aromatic rings. The van der Waals surface area contributed by atoms with Crippen LogP contribution in [-0.4, -0.2) is 36.7 Å². The van der Waals surface area contributed by atoms with Crippen molar-refractivity contribution in [3.63, 3.8) is 0 Å². The molecule has 0 unspecified atom stereocenters. The van der Waals surface area contributed by atoms with Crippen LogP contribution in [-0.2, 0) is 22.7 Å². The third kappa shape index (κ3) is 4.74. The molecule has 0 saturated heterocycles. The van der Waals surface area contributed by atoms with Crippen molar-refractivity contribution in [1.29, 1.82) is 0 Å². The third-order valence-electron chi connectivity index (χ3n) is 5.10. The van der Waals surface area contributed by atoms with E-state index in [2.05, 4.69) is 4.99 Å². The summed E-state index contributed by atoms with van der Waals surface area (Å²) in [6.07, 6.45) is 1.35. The van der Waals surface area contributed by atoms with Crippen molar-refractivity contribution < 1.29 is 41.1 Å². The number of ether oxygens (including phenoxy) is 2. The predicted molar refractivity (Wildman–Crippen MR) is 114 cm³/mol. The second-order valence-corrected chi connectivity index (χ2v) is 6.80. The van der Waals surface area contributed by atoms with E-state index >= 15 is 0 Å². The van der Waals surface area contributed by atoms with Crippen molar-refractivity contribution >= 4 is 6.21 Å². The fourth-order valence-electron chi connectivity index (χ4n) is 3.45. The Labute approximate surface area is 191 Å². The van der Waals surface area contributed by atoms with E-state index in [-0.39, 0.29) is 22.6 Å². The van der Waals surface area contributed by atoms with Gasteiger partial charge >= 0.3 is 0 Å². The van der Waals surface area contributed by atoms with Gasteiger partial charge in [0.2, 0.25) is 0 Å². The van der Waals surface area contributed by atoms with Crippen molar-refractivity contribution in [2.75, 3.05) is 14.2 Å². The smallest absolute Gasteiger partial charge is 0.165 e. The molecular formula is C24H24CuFNO4. The van der Waals surface area contributed by atoms with E-state index in [1.54, 1.807) is 49.4 Å². The number of rotatable bonds is 7. The zero-order chi connectivity index (χ0) is 21.7. The molecule has 2 N–H and O–H groups in total. The van der Waals surface area contributed by atoms with E-state index in [0.29, 0.717) is 22.6 Å². The zero-order valence-electron chi connectivity index (χ0n) is 17.3. The van der Waals surface area contributed by atoms with Gasteiger partial charge in [-0.05, 0) is 31.2 Å². The van der Waals surface area contributed by atoms with Crippen LogP contribution >= 0.6 is 0 Å². The molecule has 5 nitrogen and oxygen atoms in total. The van der Waals surface area contributed by atoms with Crippen molar-refractivity contribution in [2.24, 2.45) is 4.99 Å². The maximum Gasteiger partial charge on any atom is 0.165 e. The Morgan fingerprint density at radius 2 is 1.42 bits per heavy atom. The van der Waals surface area contributed by atoms with Crippen LogP contribution in [0.4, 0.5) is 4.39 Å². The number of phenols is 1. The molecular weight excluding hydrogens is 449 g/mol. The maximum atomic E-state index is 13.7. The molecule has 7 heteroatoms. The van der Waals surface area contributed by atoms with E-state index in [4.69, 9.17) is 9.47 Å². The van der Waals surface area contributed by atoms with E-state index < -0.39 is 23.2 Å². The number of aliphatic imine (C=N–C) groups is 1. The summed E-state index contributed by atoms with van der Waals surface area (Å²) < 4.78 is 24.7. The number of nitrogens with zero attached hydrogens (tertiary/aromatic N) is 1. The minimum atomic E-state index is -1.63. The molecule has 0 aliphatic rings. The van der Waals surface area contributed by atoms with Crippen LogP contribution < -0.4 is 9.47 Å². The van der Waals surface area contributed by atoms with Crippen LogP contribution in [0.5, 0.6) is 17.2 Å². The van der Waals surface area contributed by atoms with Gasteiger partial charge < -0.3 is 19.7 Å². The van der Waals surface area contributed by atoms with Crippen molar-refractivity contribution in [1.82, 2.24) is 0 Å². The Morgan fingerprint density at radius 3 is 1.94 bits per heavy atom. The molecule has 3 aromatic carbocycles. The fraction of sp³-hybridized carbons (Fsp3) is 0.208. The number of aromatic hydroxyl groups is 1. The number of hydrogen-bond donors (Lipinski definition) is 2. The molecule has 0 aromatic heterocycles. The SMILES string of the molecule is COc1ccccc1C(O)(c1ccccc1OC)[C@@H](C)N=Cc1cccc(F)c1O.[Cu]. The first-order chi connectivity index (χ1) is 14.4. The van der Waals surface area contributed by atoms with Gasteiger partial charge in [-0.25, -0.2) is 4.39 Å². The van der Waals surface area contributed by atoms with Gasteiger partial charge in [0.15, 0.2) is 11.6 Å². The molecule has 0 saturated carbocycles. The van der Waals surface area contributed by atoms with Crippen LogP contribution in [0.3, 0.4) is 0 Å². The first-order valence-electron chi connectivity index (χ1n) is 9.43. The van der Waals surface area contributed by atoms with Gasteiger partial charge in [-0.1, -0.05) is 42.5 Å². The van der Waals surface area contributed by atoms with Crippen LogP contribution in [0.1, 0.15) is 23.6 Å². The van der Waals surface area contributed by atoms with E-state index in [0.717, 1.165) is 6.07 Å². The second kappa shape index (κ2) is 10.4. The van der Waals surface area contributed by atoms with Crippen molar-refractivity contribution in [3.8, 4) is 17.2 Å². The van der Waals surface area contributed by atoms with Gasteiger partial charge in [-0.3, -0.25) is 4.99 Å². The van der Waals surface area contributed by atoms with Gasteiger partial charge in [0.1, 0.15) is 17.1 Å². The average Bonchev–Trinajstić information content (AvgIpc) is 2.79. The number of benzene rings is 3. The molecule has 0 spiro atoms. The second-order valence-electron chi connectivity index (χ2n) is 6.80. The number of halogens is 1. The number of hydrogen-bond acceptors (Lipinski definition) is 5. The molecule has 1 atom stereocenters. The first kappa shape index (κ1) is 24.4. The van der Waals surface area contributed by atoms with Crippen LogP contribution in [0.25, 0.3) is 0 Å². The monoisotopic (exact) mass is 472 g/mol. The van der Waals surface area contributed by atoms with Crippen molar-refractivity contribution in [2.45, 2.75) is 18.6 Å². The Balaban J connectivity index is 0.00000341. The largest absolute Gasteiger partial charge is 0.504 e. The van der Waals surface area contributed by atoms with E-state index in [9.17, 15) is 14.6 Å². The first-order valence-corrected chi connectivity index (χ1v) is 9.43. The molecule has 1 radical (unpaired) electrons. The van der Waals surface area contributed by atoms with Crippen molar-refractivity contribution in [3.05, 3.63) is 89.2 Å². The topological polar surface area (TPSA) is 71.3 Å². The Kier molecular flexibility index (Phi) is 8.22. The molecule has 31 heavy (non-hydrogen) atoms. The van der Waals surface area contributed by atoms with Gasteiger partial charge in [0.05, 0.1) is 20.3 Å². The van der Waals surface area contributed by atoms with Gasteiger partial charge in [0.25, 0.3) is 0 Å². The summed E-state index contributed by atoms with van der Waals surface area (Å²) in [5.41, 5.74) is -0.405. The quantitative estimate of drug-likeness (QED) is 0.397. The maximum absolute atomic E-state index is 13.7. The summed E-state index contributed by atoms with van der Waals surface area (Å²) in [6.45, 7) is 1.73. The van der Waals surface area contributed by atoms with E-state index in [1.165, 1.54) is 26.5 Å². The van der Waals surface area contributed by atoms with Gasteiger partial charge in [-0.15, -0.1) is 0 Å². The molecule has 167 valence electrons. The Hall–Kier alpha value is -2.86. The van der Waals surface area contributed by atoms with Crippen LogP contribution in [0.2, 0.25) is 0 Å². The molecule has 0 amide bonds. The molecule has 0 aliphatic carbocycles. The predicted octanol–water partition coefficient (Wildman–Crippen LogP) is 4.29. The Bertz CT molecular complexity index is 1010. The summed E-state index contributed by atoms with van der Waals surface area (Å²) in [7, 11) is 3.06. The molecule has 0 bridgehead atoms. The zero-order valence-corrected chi connectivity index (χ0v) is 18.3. The average molecular weight is 473 g/mol. The summed E-state index contributed by atoms with van der Waals surface area (Å²) in [5, 5.41) is 22.0. The van der Waals surface area contributed by atoms with E-state index in [1.807, 2.05) is 12.1 Å². The molecule has 3 rings (SSSR count). The number of aliphatic hydroxyl groups is 1. The van der Waals surface area contributed by atoms with Gasteiger partial charge in [0, 0.05) is 40.0 Å². The molecule has 0 aliphatic heterocycles. The number of para-hydroxylation sites is 3. The summed E-state index contributed by atoms with van der Waals surface area (Å²) in [4.78, 5) is 4.46. The normalized spacial score (nSPS) is 12.3. The summed E-state index contributed by atoms with van der Waals surface area (Å²) >= 11 is 0. The minimum Gasteiger partial charge on any atom is -0.504 e. The van der Waals surface area contributed by atoms with Crippen LogP contribution in [0, 0.1) is 5.82 Å². The minimum absolute atomic E-state index is 0. The number of methoxy groups -OCH3 is 2. The summed E-state index contributed by atoms with van der Waals surface area (Å²) in [5.74, 6) is -0.258.